The van der Waals surface area contributed by atoms with Crippen LogP contribution in [0.3, 0.4) is 0 Å². The number of sulfone groups is 1. The van der Waals surface area contributed by atoms with Crippen molar-refractivity contribution in [2.45, 2.75) is 50.5 Å². The van der Waals surface area contributed by atoms with Gasteiger partial charge in [-0.15, -0.1) is 0 Å². The lowest BCUT2D eigenvalue weighted by atomic mass is 10.2. The fourth-order valence-electron chi connectivity index (χ4n) is 2.06. The van der Waals surface area contributed by atoms with Gasteiger partial charge in [-0.1, -0.05) is 0 Å². The van der Waals surface area contributed by atoms with Crippen LogP contribution in [0.5, 0.6) is 0 Å². The number of ether oxygens (including phenoxy) is 1. The molecule has 0 heterocycles. The van der Waals surface area contributed by atoms with Crippen LogP contribution in [0.4, 0.5) is 0 Å². The molecule has 5 heteroatoms. The van der Waals surface area contributed by atoms with Crippen molar-refractivity contribution >= 4 is 9.84 Å². The normalized spacial score (nSPS) is 26.5. The first-order valence-corrected chi connectivity index (χ1v) is 7.66. The van der Waals surface area contributed by atoms with Crippen molar-refractivity contribution in [1.82, 2.24) is 5.32 Å². The lowest BCUT2D eigenvalue weighted by molar-refractivity contribution is 0.0859. The summed E-state index contributed by atoms with van der Waals surface area (Å²) in [5, 5.41) is 3.01. The summed E-state index contributed by atoms with van der Waals surface area (Å²) in [6.45, 7) is 3.98. The summed E-state index contributed by atoms with van der Waals surface area (Å²) in [5.74, 6) is 0.220. The van der Waals surface area contributed by atoms with Crippen LogP contribution < -0.4 is 5.32 Å². The summed E-state index contributed by atoms with van der Waals surface area (Å²) in [5.41, 5.74) is 0. The molecule has 4 nitrogen and oxygen atoms in total. The largest absolute Gasteiger partial charge is 0.380 e. The maximum atomic E-state index is 11.6. The molecule has 1 rings (SSSR count). The van der Waals surface area contributed by atoms with Gasteiger partial charge in [-0.3, -0.25) is 0 Å². The number of nitrogens with one attached hydrogen (secondary N) is 1. The van der Waals surface area contributed by atoms with Crippen molar-refractivity contribution in [3.05, 3.63) is 0 Å². The van der Waals surface area contributed by atoms with E-state index >= 15 is 0 Å². The van der Waals surface area contributed by atoms with Gasteiger partial charge in [0, 0.05) is 19.7 Å². The van der Waals surface area contributed by atoms with E-state index in [0.29, 0.717) is 12.6 Å². The molecule has 0 aromatic heterocycles. The maximum absolute atomic E-state index is 11.6. The minimum Gasteiger partial charge on any atom is -0.380 e. The third-order valence-corrected chi connectivity index (χ3v) is 5.48. The SMILES string of the molecule is COC1CCCC1NCCS(=O)(=O)C(C)C. The van der Waals surface area contributed by atoms with Gasteiger partial charge >= 0.3 is 0 Å². The zero-order chi connectivity index (χ0) is 12.2. The zero-order valence-electron chi connectivity index (χ0n) is 10.4. The van der Waals surface area contributed by atoms with E-state index < -0.39 is 9.84 Å². The highest BCUT2D eigenvalue weighted by Gasteiger charge is 2.27. The molecular weight excluding hydrogens is 226 g/mol. The van der Waals surface area contributed by atoms with Crippen LogP contribution in [0.15, 0.2) is 0 Å². The number of methoxy groups -OCH3 is 1. The third-order valence-electron chi connectivity index (χ3n) is 3.27. The van der Waals surface area contributed by atoms with Crippen LogP contribution >= 0.6 is 0 Å². The fraction of sp³-hybridized carbons (Fsp3) is 1.00. The molecule has 0 aliphatic heterocycles. The van der Waals surface area contributed by atoms with Crippen LogP contribution in [-0.2, 0) is 14.6 Å². The Morgan fingerprint density at radius 1 is 1.38 bits per heavy atom. The van der Waals surface area contributed by atoms with E-state index in [9.17, 15) is 8.42 Å². The summed E-state index contributed by atoms with van der Waals surface area (Å²) in [6.07, 6.45) is 3.57. The molecule has 16 heavy (non-hydrogen) atoms. The molecule has 1 saturated carbocycles. The first-order chi connectivity index (χ1) is 7.47. The molecule has 1 N–H and O–H groups in total. The molecular formula is C11H23NO3S. The maximum Gasteiger partial charge on any atom is 0.153 e. The minimum atomic E-state index is -2.92. The molecule has 0 amide bonds. The summed E-state index contributed by atoms with van der Waals surface area (Å²) in [6, 6.07) is 0.326. The minimum absolute atomic E-state index is 0.220. The predicted octanol–water partition coefficient (Wildman–Crippen LogP) is 0.967. The molecule has 96 valence electrons. The van der Waals surface area contributed by atoms with E-state index in [2.05, 4.69) is 5.32 Å². The number of hydrogen-bond acceptors (Lipinski definition) is 4. The van der Waals surface area contributed by atoms with E-state index in [0.717, 1.165) is 19.3 Å². The quantitative estimate of drug-likeness (QED) is 0.762. The third kappa shape index (κ3) is 3.71. The molecule has 0 spiro atoms. The molecule has 2 atom stereocenters. The standard InChI is InChI=1S/C11H23NO3S/c1-9(2)16(13,14)8-7-12-10-5-4-6-11(10)15-3/h9-12H,4-8H2,1-3H3. The summed E-state index contributed by atoms with van der Waals surface area (Å²) < 4.78 is 28.5. The summed E-state index contributed by atoms with van der Waals surface area (Å²) >= 11 is 0. The Bertz CT molecular complexity index is 300. The second-order valence-corrected chi connectivity index (χ2v) is 7.36. The van der Waals surface area contributed by atoms with Gasteiger partial charge in [0.2, 0.25) is 0 Å². The number of hydrogen-bond donors (Lipinski definition) is 1. The van der Waals surface area contributed by atoms with E-state index in [1.807, 2.05) is 0 Å². The lowest BCUT2D eigenvalue weighted by Gasteiger charge is -2.19. The Kier molecular flexibility index (Phi) is 5.21. The molecule has 0 aromatic rings. The fourth-order valence-corrected chi connectivity index (χ4v) is 2.94. The predicted molar refractivity (Wildman–Crippen MR) is 65.4 cm³/mol. The second kappa shape index (κ2) is 5.98. The van der Waals surface area contributed by atoms with E-state index in [4.69, 9.17) is 4.74 Å². The highest BCUT2D eigenvalue weighted by Crippen LogP contribution is 2.21. The van der Waals surface area contributed by atoms with Crippen LogP contribution in [-0.4, -0.2) is 45.2 Å². The molecule has 0 aromatic carbocycles. The molecule has 1 aliphatic rings. The van der Waals surface area contributed by atoms with Crippen molar-refractivity contribution in [2.24, 2.45) is 0 Å². The molecule has 0 radical (unpaired) electrons. The average Bonchev–Trinajstić information content (AvgIpc) is 2.64. The van der Waals surface area contributed by atoms with Crippen molar-refractivity contribution in [2.75, 3.05) is 19.4 Å². The topological polar surface area (TPSA) is 55.4 Å². The Balaban J connectivity index is 2.30. The van der Waals surface area contributed by atoms with Gasteiger partial charge in [-0.25, -0.2) is 8.42 Å². The van der Waals surface area contributed by atoms with E-state index in [1.165, 1.54) is 0 Å². The van der Waals surface area contributed by atoms with Gasteiger partial charge in [0.05, 0.1) is 17.1 Å². The molecule has 1 aliphatic carbocycles. The Morgan fingerprint density at radius 3 is 2.62 bits per heavy atom. The summed E-state index contributed by atoms with van der Waals surface area (Å²) in [4.78, 5) is 0. The molecule has 2 unspecified atom stereocenters. The van der Waals surface area contributed by atoms with Crippen LogP contribution in [0.25, 0.3) is 0 Å². The Labute approximate surface area is 98.7 Å². The molecule has 1 fully saturated rings. The molecule has 0 bridgehead atoms. The second-order valence-electron chi connectivity index (χ2n) is 4.68. The Hall–Kier alpha value is -0.130. The monoisotopic (exact) mass is 249 g/mol. The van der Waals surface area contributed by atoms with Crippen molar-refractivity contribution < 1.29 is 13.2 Å². The Morgan fingerprint density at radius 2 is 2.06 bits per heavy atom. The van der Waals surface area contributed by atoms with Crippen LogP contribution in [0, 0.1) is 0 Å². The van der Waals surface area contributed by atoms with Gasteiger partial charge in [0.25, 0.3) is 0 Å². The van der Waals surface area contributed by atoms with E-state index in [-0.39, 0.29) is 17.1 Å². The van der Waals surface area contributed by atoms with E-state index in [1.54, 1.807) is 21.0 Å². The van der Waals surface area contributed by atoms with Crippen LogP contribution in [0.1, 0.15) is 33.1 Å². The van der Waals surface area contributed by atoms with Crippen molar-refractivity contribution in [3.63, 3.8) is 0 Å². The first-order valence-electron chi connectivity index (χ1n) is 5.95. The van der Waals surface area contributed by atoms with Crippen molar-refractivity contribution in [3.8, 4) is 0 Å². The highest BCUT2D eigenvalue weighted by atomic mass is 32.2. The van der Waals surface area contributed by atoms with Gasteiger partial charge in [-0.2, -0.15) is 0 Å². The van der Waals surface area contributed by atoms with Gasteiger partial charge in [0.15, 0.2) is 9.84 Å². The van der Waals surface area contributed by atoms with Gasteiger partial charge in [-0.05, 0) is 33.1 Å². The first kappa shape index (κ1) is 13.9. The summed E-state index contributed by atoms with van der Waals surface area (Å²) in [7, 11) is -1.20. The van der Waals surface area contributed by atoms with Gasteiger partial charge < -0.3 is 10.1 Å². The number of rotatable bonds is 6. The molecule has 0 saturated heterocycles. The smallest absolute Gasteiger partial charge is 0.153 e. The van der Waals surface area contributed by atoms with Crippen LogP contribution in [0.2, 0.25) is 0 Å². The zero-order valence-corrected chi connectivity index (χ0v) is 11.2. The van der Waals surface area contributed by atoms with Crippen molar-refractivity contribution in [1.29, 1.82) is 0 Å². The highest BCUT2D eigenvalue weighted by molar-refractivity contribution is 7.92. The van der Waals surface area contributed by atoms with Gasteiger partial charge in [0.1, 0.15) is 0 Å². The average molecular weight is 249 g/mol. The lowest BCUT2D eigenvalue weighted by Crippen LogP contribution is -2.39.